The number of esters is 1. The summed E-state index contributed by atoms with van der Waals surface area (Å²) in [6.07, 6.45) is 2.01. The van der Waals surface area contributed by atoms with Gasteiger partial charge in [-0.25, -0.2) is 4.98 Å². The van der Waals surface area contributed by atoms with Crippen LogP contribution in [0.25, 0.3) is 11.3 Å². The van der Waals surface area contributed by atoms with Crippen LogP contribution in [-0.2, 0) is 22.6 Å². The van der Waals surface area contributed by atoms with E-state index in [0.29, 0.717) is 28.5 Å². The normalized spacial score (nSPS) is 10.6. The van der Waals surface area contributed by atoms with Crippen LogP contribution >= 0.6 is 11.6 Å². The fraction of sp³-hybridized carbons (Fsp3) is 0.238. The van der Waals surface area contributed by atoms with E-state index in [1.165, 1.54) is 0 Å². The van der Waals surface area contributed by atoms with Gasteiger partial charge < -0.3 is 14.1 Å². The molecule has 0 saturated heterocycles. The summed E-state index contributed by atoms with van der Waals surface area (Å²) in [5, 5.41) is 9.74. The Morgan fingerprint density at radius 3 is 2.72 bits per heavy atom. The number of H-pyrrole nitrogens is 1. The highest BCUT2D eigenvalue weighted by Crippen LogP contribution is 2.22. The number of nitriles is 1. The minimum atomic E-state index is -0.431. The molecule has 1 aromatic carbocycles. The topological polar surface area (TPSA) is 109 Å². The molecule has 0 atom stereocenters. The lowest BCUT2D eigenvalue weighted by Crippen LogP contribution is -2.17. The molecule has 3 aromatic rings. The summed E-state index contributed by atoms with van der Waals surface area (Å²) in [6.45, 7) is 3.35. The second kappa shape index (κ2) is 8.76. The van der Waals surface area contributed by atoms with Gasteiger partial charge in [0.1, 0.15) is 11.6 Å². The number of pyridine rings is 1. The van der Waals surface area contributed by atoms with Gasteiger partial charge in [-0.15, -0.1) is 0 Å². The lowest BCUT2D eigenvalue weighted by molar-refractivity contribution is -0.145. The van der Waals surface area contributed by atoms with Crippen LogP contribution in [0.2, 0.25) is 5.02 Å². The van der Waals surface area contributed by atoms with Gasteiger partial charge in [-0.3, -0.25) is 9.59 Å². The molecule has 8 heteroatoms. The Morgan fingerprint density at radius 2 is 2.03 bits per heavy atom. The van der Waals surface area contributed by atoms with Gasteiger partial charge in [-0.1, -0.05) is 11.6 Å². The first-order valence-electron chi connectivity index (χ1n) is 8.87. The molecular weight excluding hydrogens is 394 g/mol. The molecule has 0 unspecified atom stereocenters. The predicted octanol–water partition coefficient (Wildman–Crippen LogP) is 3.85. The Labute approximate surface area is 171 Å². The fourth-order valence-electron chi connectivity index (χ4n) is 2.99. The number of ether oxygens (including phenoxy) is 1. The van der Waals surface area contributed by atoms with Crippen molar-refractivity contribution in [2.75, 3.05) is 0 Å². The van der Waals surface area contributed by atoms with Gasteiger partial charge in [-0.05, 0) is 55.7 Å². The second-order valence-corrected chi connectivity index (χ2v) is 6.89. The smallest absolute Gasteiger partial charge is 0.306 e. The number of aromatic amines is 1. The van der Waals surface area contributed by atoms with Crippen LogP contribution in [0.5, 0.6) is 0 Å². The van der Waals surface area contributed by atoms with E-state index in [2.05, 4.69) is 9.97 Å². The van der Waals surface area contributed by atoms with Crippen LogP contribution in [0.4, 0.5) is 0 Å². The zero-order valence-corrected chi connectivity index (χ0v) is 16.7. The summed E-state index contributed by atoms with van der Waals surface area (Å²) < 4.78 is 10.8. The maximum absolute atomic E-state index is 12.1. The Bertz CT molecular complexity index is 1140. The molecule has 0 aliphatic heterocycles. The Hall–Kier alpha value is -3.37. The minimum absolute atomic E-state index is 0.0634. The van der Waals surface area contributed by atoms with Crippen LogP contribution in [0.1, 0.15) is 34.7 Å². The van der Waals surface area contributed by atoms with Crippen molar-refractivity contribution in [1.29, 1.82) is 5.26 Å². The van der Waals surface area contributed by atoms with Gasteiger partial charge in [0.25, 0.3) is 5.56 Å². The third-order valence-electron chi connectivity index (χ3n) is 4.54. The van der Waals surface area contributed by atoms with Gasteiger partial charge in [0.05, 0.1) is 6.20 Å². The molecule has 3 rings (SSSR count). The summed E-state index contributed by atoms with van der Waals surface area (Å²) in [5.74, 6) is 0.405. The molecule has 0 saturated carbocycles. The molecular formula is C21H18ClN3O4. The molecule has 0 fully saturated rings. The standard InChI is InChI=1S/C21H18ClN3O4/c1-12-16(13(2)25-21(27)17(12)9-23)7-8-20(26)28-11-19-24-10-18(29-19)14-3-5-15(22)6-4-14/h3-6,10H,7-8,11H2,1-2H3,(H,25,27). The lowest BCUT2D eigenvalue weighted by Gasteiger charge is -2.10. The highest BCUT2D eigenvalue weighted by molar-refractivity contribution is 6.30. The van der Waals surface area contributed by atoms with E-state index in [9.17, 15) is 9.59 Å². The molecule has 2 heterocycles. The molecule has 29 heavy (non-hydrogen) atoms. The van der Waals surface area contributed by atoms with Gasteiger partial charge in [0.15, 0.2) is 12.4 Å². The number of benzene rings is 1. The maximum atomic E-state index is 12.1. The second-order valence-electron chi connectivity index (χ2n) is 6.46. The SMILES string of the molecule is Cc1[nH]c(=O)c(C#N)c(C)c1CCC(=O)OCc1ncc(-c2ccc(Cl)cc2)o1. The summed E-state index contributed by atoms with van der Waals surface area (Å²) in [4.78, 5) is 30.6. The summed E-state index contributed by atoms with van der Waals surface area (Å²) >= 11 is 5.87. The number of hydrogen-bond acceptors (Lipinski definition) is 6. The third-order valence-corrected chi connectivity index (χ3v) is 4.79. The lowest BCUT2D eigenvalue weighted by atomic mass is 9.99. The first kappa shape index (κ1) is 20.4. The quantitative estimate of drug-likeness (QED) is 0.617. The van der Waals surface area contributed by atoms with Gasteiger partial charge in [-0.2, -0.15) is 5.26 Å². The van der Waals surface area contributed by atoms with Crippen LogP contribution < -0.4 is 5.56 Å². The summed E-state index contributed by atoms with van der Waals surface area (Å²) in [6, 6.07) is 9.01. The molecule has 2 aromatic heterocycles. The van der Waals surface area contributed by atoms with E-state index in [0.717, 1.165) is 11.1 Å². The zero-order chi connectivity index (χ0) is 21.0. The molecule has 0 amide bonds. The number of oxazole rings is 1. The number of carbonyl (C=O) groups is 1. The van der Waals surface area contributed by atoms with Crippen LogP contribution in [-0.4, -0.2) is 15.9 Å². The number of aromatic nitrogens is 2. The third kappa shape index (κ3) is 4.73. The largest absolute Gasteiger partial charge is 0.456 e. The zero-order valence-electron chi connectivity index (χ0n) is 15.9. The van der Waals surface area contributed by atoms with Crippen molar-refractivity contribution >= 4 is 17.6 Å². The van der Waals surface area contributed by atoms with E-state index in [1.807, 2.05) is 18.2 Å². The first-order valence-corrected chi connectivity index (χ1v) is 9.25. The van der Waals surface area contributed by atoms with Gasteiger partial charge in [0.2, 0.25) is 5.89 Å². The number of carbonyl (C=O) groups excluding carboxylic acids is 1. The average Bonchev–Trinajstić information content (AvgIpc) is 3.16. The van der Waals surface area contributed by atoms with Crippen LogP contribution in [0.15, 0.2) is 39.7 Å². The Balaban J connectivity index is 1.58. The van der Waals surface area contributed by atoms with E-state index in [4.69, 9.17) is 26.0 Å². The average molecular weight is 412 g/mol. The number of halogens is 1. The number of nitrogens with one attached hydrogen (secondary N) is 1. The van der Waals surface area contributed by atoms with Crippen LogP contribution in [0, 0.1) is 25.2 Å². The first-order chi connectivity index (χ1) is 13.9. The molecule has 7 nitrogen and oxygen atoms in total. The van der Waals surface area contributed by atoms with Crippen molar-refractivity contribution < 1.29 is 13.9 Å². The molecule has 0 spiro atoms. The highest BCUT2D eigenvalue weighted by Gasteiger charge is 2.15. The van der Waals surface area contributed by atoms with Crippen LogP contribution in [0.3, 0.4) is 0 Å². The van der Waals surface area contributed by atoms with Crippen molar-refractivity contribution in [3.63, 3.8) is 0 Å². The summed E-state index contributed by atoms with van der Waals surface area (Å²) in [5.41, 5.74) is 2.44. The van der Waals surface area contributed by atoms with E-state index in [1.54, 1.807) is 32.2 Å². The van der Waals surface area contributed by atoms with E-state index in [-0.39, 0.29) is 24.5 Å². The van der Waals surface area contributed by atoms with E-state index < -0.39 is 11.5 Å². The monoisotopic (exact) mass is 411 g/mol. The van der Waals surface area contributed by atoms with Crippen molar-refractivity contribution in [1.82, 2.24) is 9.97 Å². The van der Waals surface area contributed by atoms with E-state index >= 15 is 0 Å². The van der Waals surface area contributed by atoms with Crippen molar-refractivity contribution in [2.45, 2.75) is 33.3 Å². The van der Waals surface area contributed by atoms with Crippen molar-refractivity contribution in [3.05, 3.63) is 74.1 Å². The molecule has 0 aliphatic rings. The molecule has 1 N–H and O–H groups in total. The highest BCUT2D eigenvalue weighted by atomic mass is 35.5. The van der Waals surface area contributed by atoms with Gasteiger partial charge >= 0.3 is 5.97 Å². The maximum Gasteiger partial charge on any atom is 0.306 e. The molecule has 0 aliphatic carbocycles. The number of aryl methyl sites for hydroxylation is 1. The Kier molecular flexibility index (Phi) is 6.15. The minimum Gasteiger partial charge on any atom is -0.456 e. The van der Waals surface area contributed by atoms with Crippen molar-refractivity contribution in [2.24, 2.45) is 0 Å². The van der Waals surface area contributed by atoms with Crippen molar-refractivity contribution in [3.8, 4) is 17.4 Å². The number of nitrogens with zero attached hydrogens (tertiary/aromatic N) is 2. The summed E-state index contributed by atoms with van der Waals surface area (Å²) in [7, 11) is 0. The predicted molar refractivity (Wildman–Crippen MR) is 106 cm³/mol. The molecule has 0 bridgehead atoms. The molecule has 148 valence electrons. The Morgan fingerprint density at radius 1 is 1.31 bits per heavy atom. The van der Waals surface area contributed by atoms with Gasteiger partial charge in [0, 0.05) is 22.7 Å². The number of rotatable bonds is 6. The fourth-order valence-corrected chi connectivity index (χ4v) is 3.11. The number of hydrogen-bond donors (Lipinski definition) is 1. The molecule has 0 radical (unpaired) electrons.